The van der Waals surface area contributed by atoms with Crippen LogP contribution in [0, 0.1) is 13.8 Å². The third kappa shape index (κ3) is 13.5. The van der Waals surface area contributed by atoms with Gasteiger partial charge in [0.05, 0.1) is 33.2 Å². The number of hydrogen-bond acceptors (Lipinski definition) is 10. The van der Waals surface area contributed by atoms with Crippen molar-refractivity contribution in [2.24, 2.45) is 0 Å². The fourth-order valence-corrected chi connectivity index (χ4v) is 20.6. The molecule has 10 rings (SSSR count). The zero-order chi connectivity index (χ0) is 58.5. The Bertz CT molecular complexity index is 3240. The lowest BCUT2D eigenvalue weighted by molar-refractivity contribution is 0.394. The maximum atomic E-state index is 5.52. The maximum Gasteiger partial charge on any atom is 0.114 e. The lowest BCUT2D eigenvalue weighted by Crippen LogP contribution is -2.27. The molecule has 4 heterocycles. The molecule has 3 aliphatic carbocycles. The fraction of sp³-hybridized carbons (Fsp3) is 0.622. The standard InChI is InChI=1S/C74H102N4S6/c1-9-13-17-21-25-29-33-37-41-73(42-38-34-30-26-22-18-14-10-2)58-48-54-59(47-53(58)64-60(73)45-51(5)66-68(64)77-83-75-66)74(43-39-35-31-27-23-19-15-11-3,44-40-36-32-28-24-20-16-12-4)61-49-55(67-69(65(54)61)78-84-76-67)62-50-57-63(72(79-7)80-8)56-46-52(6)81-70(56)71(57)82-62/h45-50H,9-44H2,1-8H3. The van der Waals surface area contributed by atoms with E-state index in [4.69, 9.17) is 17.5 Å². The van der Waals surface area contributed by atoms with Crippen LogP contribution in [-0.2, 0) is 10.8 Å². The van der Waals surface area contributed by atoms with E-state index in [9.17, 15) is 0 Å². The Hall–Kier alpha value is -2.86. The highest BCUT2D eigenvalue weighted by atomic mass is 32.2. The van der Waals surface area contributed by atoms with E-state index in [2.05, 4.69) is 90.5 Å². The molecule has 84 heavy (non-hydrogen) atoms. The highest BCUT2D eigenvalue weighted by molar-refractivity contribution is 8.22. The molecule has 0 radical (unpaired) electrons. The van der Waals surface area contributed by atoms with Crippen LogP contribution < -0.4 is 0 Å². The number of thiophene rings is 2. The lowest BCUT2D eigenvalue weighted by Gasteiger charge is -2.35. The number of aromatic nitrogens is 4. The van der Waals surface area contributed by atoms with Crippen LogP contribution in [0.3, 0.4) is 0 Å². The van der Waals surface area contributed by atoms with Crippen molar-refractivity contribution in [2.45, 2.75) is 284 Å². The van der Waals surface area contributed by atoms with Crippen LogP contribution in [0.4, 0.5) is 0 Å². The van der Waals surface area contributed by atoms with Crippen molar-refractivity contribution in [1.82, 2.24) is 17.5 Å². The summed E-state index contributed by atoms with van der Waals surface area (Å²) in [6, 6.07) is 16.0. The van der Waals surface area contributed by atoms with Gasteiger partial charge in [0, 0.05) is 58.2 Å². The first kappa shape index (κ1) is 64.1. The van der Waals surface area contributed by atoms with Crippen LogP contribution >= 0.6 is 69.7 Å². The van der Waals surface area contributed by atoms with E-state index in [1.54, 1.807) is 22.3 Å². The van der Waals surface area contributed by atoms with Crippen molar-refractivity contribution in [3.05, 3.63) is 84.5 Å². The summed E-state index contributed by atoms with van der Waals surface area (Å²) < 4.78 is 22.7. The minimum absolute atomic E-state index is 0.0822. The second-order valence-electron chi connectivity index (χ2n) is 25.9. The Labute approximate surface area is 533 Å². The molecule has 4 aromatic heterocycles. The summed E-state index contributed by atoms with van der Waals surface area (Å²) in [4.78, 5) is 5.63. The molecular weight excluding hydrogens is 1140 g/mol. The fourth-order valence-electron chi connectivity index (χ4n) is 15.6. The lowest BCUT2D eigenvalue weighted by atomic mass is 9.68. The minimum atomic E-state index is -0.143. The quantitative estimate of drug-likeness (QED) is 0.0358. The molecule has 0 spiro atoms. The summed E-state index contributed by atoms with van der Waals surface area (Å²) >= 11 is 10.7. The molecule has 7 aromatic rings. The van der Waals surface area contributed by atoms with E-state index in [1.807, 2.05) is 46.2 Å². The van der Waals surface area contributed by atoms with Gasteiger partial charge in [0.25, 0.3) is 0 Å². The smallest absolute Gasteiger partial charge is 0.114 e. The van der Waals surface area contributed by atoms with Gasteiger partial charge in [-0.25, -0.2) is 0 Å². The van der Waals surface area contributed by atoms with Crippen molar-refractivity contribution in [3.63, 3.8) is 0 Å². The third-order valence-electron chi connectivity index (χ3n) is 20.0. The number of nitrogens with zero attached hydrogens (tertiary/aromatic N) is 4. The monoisotopic (exact) mass is 1240 g/mol. The number of unbranched alkanes of at least 4 members (excludes halogenated alkanes) is 28. The summed E-state index contributed by atoms with van der Waals surface area (Å²) in [6.45, 7) is 14.0. The number of aryl methyl sites for hydroxylation is 2. The van der Waals surface area contributed by atoms with Crippen molar-refractivity contribution in [2.75, 3.05) is 12.5 Å². The highest BCUT2D eigenvalue weighted by Crippen LogP contribution is 2.64. The SMILES string of the molecule is CCCCCCCCCCC1(CCCCCCCCCC)c2cc3c(cc2-c2c1cc(C)c1nsnc21)C(CCCCCCCCCC)(CCCCCCCCCC)c1cc(-c2cc4c(s2)-c2sc(C)cc2C4=C(SC)SC)c2nsnc2c1-3. The van der Waals surface area contributed by atoms with Gasteiger partial charge in [0.2, 0.25) is 0 Å². The molecule has 0 fully saturated rings. The Balaban J connectivity index is 1.15. The first-order valence-electron chi connectivity index (χ1n) is 34.1. The predicted molar refractivity (Wildman–Crippen MR) is 379 cm³/mol. The maximum absolute atomic E-state index is 5.52. The van der Waals surface area contributed by atoms with Gasteiger partial charge in [-0.1, -0.05) is 239 Å². The van der Waals surface area contributed by atoms with Crippen LogP contribution in [0.2, 0.25) is 0 Å². The first-order chi connectivity index (χ1) is 41.3. The van der Waals surface area contributed by atoms with Gasteiger partial charge >= 0.3 is 0 Å². The average Bonchev–Trinajstić information content (AvgIpc) is 2.28. The summed E-state index contributed by atoms with van der Waals surface area (Å²) in [5.74, 6) is 0. The molecule has 0 saturated carbocycles. The summed E-state index contributed by atoms with van der Waals surface area (Å²) in [7, 11) is 0. The van der Waals surface area contributed by atoms with Crippen LogP contribution in [0.5, 0.6) is 0 Å². The second kappa shape index (κ2) is 31.1. The van der Waals surface area contributed by atoms with Crippen LogP contribution in [0.1, 0.15) is 303 Å². The van der Waals surface area contributed by atoms with Crippen molar-refractivity contribution >= 4 is 97.3 Å². The van der Waals surface area contributed by atoms with Gasteiger partial charge in [-0.05, 0) is 121 Å². The number of fused-ring (bicyclic) bond motifs is 13. The molecule has 10 heteroatoms. The molecule has 454 valence electrons. The number of hydrogen-bond donors (Lipinski definition) is 0. The van der Waals surface area contributed by atoms with Gasteiger partial charge < -0.3 is 0 Å². The normalized spacial score (nSPS) is 14.3. The molecule has 0 saturated heterocycles. The number of benzene rings is 3. The minimum Gasteiger partial charge on any atom is -0.173 e. The Morgan fingerprint density at radius 2 is 0.726 bits per heavy atom. The molecule has 0 unspecified atom stereocenters. The zero-order valence-electron chi connectivity index (χ0n) is 53.2. The Morgan fingerprint density at radius 3 is 1.17 bits per heavy atom. The molecule has 3 aromatic carbocycles. The van der Waals surface area contributed by atoms with E-state index in [0.717, 1.165) is 22.1 Å². The molecule has 0 N–H and O–H groups in total. The van der Waals surface area contributed by atoms with Gasteiger partial charge in [-0.2, -0.15) is 17.5 Å². The van der Waals surface area contributed by atoms with Gasteiger partial charge in [-0.15, -0.1) is 46.2 Å². The first-order valence-corrected chi connectivity index (χ1v) is 39.7. The molecule has 0 atom stereocenters. The van der Waals surface area contributed by atoms with Gasteiger partial charge in [0.1, 0.15) is 22.1 Å². The van der Waals surface area contributed by atoms with E-state index < -0.39 is 0 Å². The van der Waals surface area contributed by atoms with Crippen molar-refractivity contribution < 1.29 is 0 Å². The molecule has 0 bridgehead atoms. The number of rotatable bonds is 39. The van der Waals surface area contributed by atoms with Crippen molar-refractivity contribution in [1.29, 1.82) is 0 Å². The van der Waals surface area contributed by atoms with Crippen LogP contribution in [0.25, 0.3) is 70.1 Å². The molecule has 0 aliphatic heterocycles. The predicted octanol–water partition coefficient (Wildman–Crippen LogP) is 26.2. The van der Waals surface area contributed by atoms with Gasteiger partial charge in [0.15, 0.2) is 0 Å². The molecule has 4 nitrogen and oxygen atoms in total. The largest absolute Gasteiger partial charge is 0.173 e. The highest BCUT2D eigenvalue weighted by Gasteiger charge is 2.50. The van der Waals surface area contributed by atoms with E-state index in [0.29, 0.717) is 0 Å². The molecule has 0 amide bonds. The Morgan fingerprint density at radius 1 is 0.369 bits per heavy atom. The molecule has 3 aliphatic rings. The van der Waals surface area contributed by atoms with E-state index in [1.165, 1.54) is 328 Å². The summed E-state index contributed by atoms with van der Waals surface area (Å²) in [5, 5.41) is 0. The topological polar surface area (TPSA) is 51.6 Å². The summed E-state index contributed by atoms with van der Waals surface area (Å²) in [6.07, 6.45) is 52.0. The van der Waals surface area contributed by atoms with E-state index in [-0.39, 0.29) is 10.8 Å². The van der Waals surface area contributed by atoms with Crippen LogP contribution in [0.15, 0.2) is 40.6 Å². The van der Waals surface area contributed by atoms with Gasteiger partial charge in [-0.3, -0.25) is 0 Å². The average molecular weight is 1240 g/mol. The van der Waals surface area contributed by atoms with Crippen molar-refractivity contribution in [3.8, 4) is 42.4 Å². The van der Waals surface area contributed by atoms with E-state index >= 15 is 0 Å². The molecular formula is C74H102N4S6. The van der Waals surface area contributed by atoms with Crippen LogP contribution in [-0.4, -0.2) is 30.0 Å². The second-order valence-corrected chi connectivity index (χ2v) is 31.2. The third-order valence-corrected chi connectivity index (χ3v) is 25.6. The number of thioether (sulfide) groups is 2. The zero-order valence-corrected chi connectivity index (χ0v) is 58.1. The Kier molecular flexibility index (Phi) is 23.7. The summed E-state index contributed by atoms with van der Waals surface area (Å²) in [5.41, 5.74) is 23.2.